The van der Waals surface area contributed by atoms with Gasteiger partial charge in [-0.25, -0.2) is 9.78 Å². The molecule has 1 aliphatic carbocycles. The van der Waals surface area contributed by atoms with Crippen molar-refractivity contribution in [2.45, 2.75) is 39.0 Å². The fourth-order valence-electron chi connectivity index (χ4n) is 2.33. The van der Waals surface area contributed by atoms with Gasteiger partial charge in [0.2, 0.25) is 0 Å². The summed E-state index contributed by atoms with van der Waals surface area (Å²) in [5.41, 5.74) is 4.54. The summed E-state index contributed by atoms with van der Waals surface area (Å²) < 4.78 is 0. The van der Waals surface area contributed by atoms with Crippen molar-refractivity contribution in [2.75, 3.05) is 0 Å². The van der Waals surface area contributed by atoms with Crippen LogP contribution in [-0.2, 0) is 6.42 Å². The smallest absolute Gasteiger partial charge is 0.347 e. The highest BCUT2D eigenvalue weighted by Crippen LogP contribution is 2.42. The van der Waals surface area contributed by atoms with Crippen LogP contribution in [0.1, 0.15) is 55.8 Å². The maximum Gasteiger partial charge on any atom is 0.347 e. The molecule has 0 unspecified atom stereocenters. The number of aromatic nitrogens is 1. The summed E-state index contributed by atoms with van der Waals surface area (Å²) in [7, 11) is 0. The number of benzene rings is 1. The summed E-state index contributed by atoms with van der Waals surface area (Å²) in [6.45, 7) is 4.19. The van der Waals surface area contributed by atoms with Crippen molar-refractivity contribution < 1.29 is 9.90 Å². The third kappa shape index (κ3) is 2.61. The van der Waals surface area contributed by atoms with Crippen LogP contribution in [0.4, 0.5) is 0 Å². The number of hydrogen-bond donors (Lipinski definition) is 1. The fourth-order valence-corrected chi connectivity index (χ4v) is 3.35. The molecule has 0 atom stereocenters. The number of thiazole rings is 1. The molecule has 1 N–H and O–H groups in total. The molecule has 0 amide bonds. The van der Waals surface area contributed by atoms with Crippen molar-refractivity contribution >= 4 is 17.3 Å². The van der Waals surface area contributed by atoms with Gasteiger partial charge in [-0.1, -0.05) is 18.2 Å². The molecule has 1 saturated carbocycles. The Balaban J connectivity index is 1.88. The van der Waals surface area contributed by atoms with Crippen LogP contribution in [0.3, 0.4) is 0 Å². The van der Waals surface area contributed by atoms with Gasteiger partial charge in [0.05, 0.1) is 10.7 Å². The number of nitrogens with zero attached hydrogens (tertiary/aromatic N) is 1. The van der Waals surface area contributed by atoms with Crippen LogP contribution in [0.25, 0.3) is 0 Å². The molecule has 0 saturated heterocycles. The highest BCUT2D eigenvalue weighted by molar-refractivity contribution is 7.13. The molecule has 1 aliphatic rings. The van der Waals surface area contributed by atoms with Crippen LogP contribution in [0, 0.1) is 13.8 Å². The summed E-state index contributed by atoms with van der Waals surface area (Å²) in [5, 5.41) is 10.2. The number of carbonyl (C=O) groups is 1. The van der Waals surface area contributed by atoms with Crippen molar-refractivity contribution in [3.05, 3.63) is 50.5 Å². The second-order valence-corrected chi connectivity index (χ2v) is 6.58. The van der Waals surface area contributed by atoms with Crippen molar-refractivity contribution in [3.63, 3.8) is 0 Å². The van der Waals surface area contributed by atoms with E-state index < -0.39 is 5.97 Å². The van der Waals surface area contributed by atoms with Gasteiger partial charge in [-0.15, -0.1) is 11.3 Å². The summed E-state index contributed by atoms with van der Waals surface area (Å²) in [5.74, 6) is -0.457. The van der Waals surface area contributed by atoms with E-state index in [1.165, 1.54) is 28.0 Å². The third-order valence-corrected chi connectivity index (χ3v) is 4.84. The topological polar surface area (TPSA) is 50.2 Å². The standard InChI is InChI=1S/C16H17NO2S/c1-9-3-4-11(7-10(9)2)8-13-17-14(12-5-6-12)15(20-13)16(18)19/h3-4,7,12H,5-6,8H2,1-2H3,(H,18,19). The maximum atomic E-state index is 11.3. The lowest BCUT2D eigenvalue weighted by molar-refractivity contribution is 0.0700. The van der Waals surface area contributed by atoms with Gasteiger partial charge in [-0.05, 0) is 43.4 Å². The average Bonchev–Trinajstić information content (AvgIpc) is 3.15. The molecule has 1 fully saturated rings. The summed E-state index contributed by atoms with van der Waals surface area (Å²) in [4.78, 5) is 16.3. The van der Waals surface area contributed by atoms with Crippen LogP contribution in [0.2, 0.25) is 0 Å². The molecule has 1 aromatic carbocycles. The van der Waals surface area contributed by atoms with Crippen LogP contribution in [-0.4, -0.2) is 16.1 Å². The van der Waals surface area contributed by atoms with Gasteiger partial charge < -0.3 is 5.11 Å². The van der Waals surface area contributed by atoms with E-state index in [2.05, 4.69) is 37.0 Å². The molecule has 0 aliphatic heterocycles. The number of carboxylic acids is 1. The van der Waals surface area contributed by atoms with E-state index in [1.54, 1.807) is 0 Å². The molecule has 3 rings (SSSR count). The van der Waals surface area contributed by atoms with Gasteiger partial charge in [-0.3, -0.25) is 0 Å². The maximum absolute atomic E-state index is 11.3. The average molecular weight is 287 g/mol. The Morgan fingerprint density at radius 3 is 2.70 bits per heavy atom. The summed E-state index contributed by atoms with van der Waals surface area (Å²) in [6, 6.07) is 6.37. The largest absolute Gasteiger partial charge is 0.477 e. The molecule has 1 aromatic heterocycles. The van der Waals surface area contributed by atoms with E-state index in [9.17, 15) is 9.90 Å². The molecule has 4 heteroatoms. The zero-order valence-electron chi connectivity index (χ0n) is 11.6. The second kappa shape index (κ2) is 5.02. The number of carboxylic acid groups (broad SMARTS) is 1. The minimum absolute atomic E-state index is 0.380. The monoisotopic (exact) mass is 287 g/mol. The molecule has 2 aromatic rings. The van der Waals surface area contributed by atoms with Crippen LogP contribution in [0.15, 0.2) is 18.2 Å². The van der Waals surface area contributed by atoms with E-state index >= 15 is 0 Å². The highest BCUT2D eigenvalue weighted by atomic mass is 32.1. The molecule has 0 radical (unpaired) electrons. The third-order valence-electron chi connectivity index (χ3n) is 3.78. The van der Waals surface area contributed by atoms with E-state index in [0.29, 0.717) is 10.8 Å². The number of hydrogen-bond acceptors (Lipinski definition) is 3. The van der Waals surface area contributed by atoms with Crippen molar-refractivity contribution in [1.82, 2.24) is 4.98 Å². The molecule has 1 heterocycles. The van der Waals surface area contributed by atoms with Gasteiger partial charge in [-0.2, -0.15) is 0 Å². The molecule has 20 heavy (non-hydrogen) atoms. The quantitative estimate of drug-likeness (QED) is 0.927. The van der Waals surface area contributed by atoms with Gasteiger partial charge in [0.25, 0.3) is 0 Å². The summed E-state index contributed by atoms with van der Waals surface area (Å²) >= 11 is 1.33. The minimum atomic E-state index is -0.837. The van der Waals surface area contributed by atoms with E-state index in [-0.39, 0.29) is 0 Å². The fraction of sp³-hybridized carbons (Fsp3) is 0.375. The molecular weight excluding hydrogens is 270 g/mol. The predicted molar refractivity (Wildman–Crippen MR) is 79.8 cm³/mol. The van der Waals surface area contributed by atoms with Gasteiger partial charge in [0.1, 0.15) is 4.88 Å². The van der Waals surface area contributed by atoms with Gasteiger partial charge in [0.15, 0.2) is 0 Å². The molecule has 104 valence electrons. The van der Waals surface area contributed by atoms with Gasteiger partial charge in [0, 0.05) is 12.3 Å². The predicted octanol–water partition coefficient (Wildman–Crippen LogP) is 3.93. The van der Waals surface area contributed by atoms with Crippen LogP contribution < -0.4 is 0 Å². The SMILES string of the molecule is Cc1ccc(Cc2nc(C3CC3)c(C(=O)O)s2)cc1C. The Hall–Kier alpha value is -1.68. The Kier molecular flexibility index (Phi) is 3.34. The van der Waals surface area contributed by atoms with Gasteiger partial charge >= 0.3 is 5.97 Å². The first-order chi connectivity index (χ1) is 9.54. The lowest BCUT2D eigenvalue weighted by Crippen LogP contribution is -1.97. The first-order valence-corrected chi connectivity index (χ1v) is 7.65. The Bertz CT molecular complexity index is 671. The Morgan fingerprint density at radius 1 is 1.35 bits per heavy atom. The van der Waals surface area contributed by atoms with E-state index in [0.717, 1.165) is 30.0 Å². The highest BCUT2D eigenvalue weighted by Gasteiger charge is 2.31. The lowest BCUT2D eigenvalue weighted by atomic mass is 10.0. The zero-order chi connectivity index (χ0) is 14.3. The van der Waals surface area contributed by atoms with Crippen LogP contribution >= 0.6 is 11.3 Å². The normalized spacial score (nSPS) is 14.5. The van der Waals surface area contributed by atoms with Crippen molar-refractivity contribution in [3.8, 4) is 0 Å². The molecule has 0 spiro atoms. The van der Waals surface area contributed by atoms with Crippen LogP contribution in [0.5, 0.6) is 0 Å². The Morgan fingerprint density at radius 2 is 2.10 bits per heavy atom. The number of aromatic carboxylic acids is 1. The summed E-state index contributed by atoms with van der Waals surface area (Å²) in [6.07, 6.45) is 2.87. The molecule has 3 nitrogen and oxygen atoms in total. The lowest BCUT2D eigenvalue weighted by Gasteiger charge is -2.03. The van der Waals surface area contributed by atoms with Crippen molar-refractivity contribution in [1.29, 1.82) is 0 Å². The van der Waals surface area contributed by atoms with E-state index in [4.69, 9.17) is 0 Å². The first kappa shape index (κ1) is 13.3. The first-order valence-electron chi connectivity index (χ1n) is 6.83. The molecular formula is C16H17NO2S. The number of aryl methyl sites for hydroxylation is 2. The number of rotatable bonds is 4. The minimum Gasteiger partial charge on any atom is -0.477 e. The molecule has 0 bridgehead atoms. The Labute approximate surface area is 122 Å². The van der Waals surface area contributed by atoms with Crippen molar-refractivity contribution in [2.24, 2.45) is 0 Å². The second-order valence-electron chi connectivity index (χ2n) is 5.50. The van der Waals surface area contributed by atoms with E-state index in [1.807, 2.05) is 0 Å². The zero-order valence-corrected chi connectivity index (χ0v) is 12.5.